The van der Waals surface area contributed by atoms with Crippen LogP contribution in [0.25, 0.3) is 0 Å². The largest absolute Gasteiger partial charge is 0.442 e. The Morgan fingerprint density at radius 3 is 2.80 bits per heavy atom. The van der Waals surface area contributed by atoms with Crippen LogP contribution in [0.15, 0.2) is 12.1 Å². The lowest BCUT2D eigenvalue weighted by molar-refractivity contribution is -0.114. The lowest BCUT2D eigenvalue weighted by Gasteiger charge is -2.19. The molecule has 2 amide bonds. The Hall–Kier alpha value is -2.15. The number of fused-ring (bicyclic) bond motifs is 1. The van der Waals surface area contributed by atoms with Gasteiger partial charge in [0.1, 0.15) is 11.9 Å². The Balaban J connectivity index is 1.93. The maximum atomic E-state index is 13.5. The smallest absolute Gasteiger partial charge is 0.407 e. The molecule has 1 saturated heterocycles. The number of anilines is 1. The second-order valence-electron chi connectivity index (χ2n) is 4.44. The first kappa shape index (κ1) is 12.9. The molecule has 0 radical (unpaired) electrons. The van der Waals surface area contributed by atoms with E-state index in [0.717, 1.165) is 17.0 Å². The van der Waals surface area contributed by atoms with Crippen LogP contribution in [0.5, 0.6) is 0 Å². The van der Waals surface area contributed by atoms with Crippen LogP contribution in [0.4, 0.5) is 14.9 Å². The minimum atomic E-state index is -0.787. The predicted octanol–water partition coefficient (Wildman–Crippen LogP) is 1.12. The fraction of sp³-hybridized carbons (Fsp3) is 0.250. The van der Waals surface area contributed by atoms with Gasteiger partial charge in [-0.2, -0.15) is 0 Å². The van der Waals surface area contributed by atoms with Crippen molar-refractivity contribution in [3.05, 3.63) is 28.5 Å². The monoisotopic (exact) mass is 298 g/mol. The molecule has 2 heterocycles. The van der Waals surface area contributed by atoms with Crippen molar-refractivity contribution < 1.29 is 23.5 Å². The number of hydrogen-bond acceptors (Lipinski definition) is 4. The first-order chi connectivity index (χ1) is 9.47. The van der Waals surface area contributed by atoms with Gasteiger partial charge in [-0.3, -0.25) is 9.59 Å². The minimum Gasteiger partial charge on any atom is -0.442 e. The highest BCUT2D eigenvalue weighted by Gasteiger charge is 2.39. The van der Waals surface area contributed by atoms with Gasteiger partial charge in [-0.15, -0.1) is 0 Å². The summed E-state index contributed by atoms with van der Waals surface area (Å²) < 4.78 is 18.4. The van der Waals surface area contributed by atoms with E-state index < -0.39 is 29.7 Å². The van der Waals surface area contributed by atoms with Crippen LogP contribution in [0, 0.1) is 5.82 Å². The number of hydrogen-bond donors (Lipinski definition) is 1. The Kier molecular flexibility index (Phi) is 2.86. The van der Waals surface area contributed by atoms with E-state index in [1.54, 1.807) is 0 Å². The molecular weight excluding hydrogens is 291 g/mol. The number of nitrogens with one attached hydrogen (secondary N) is 1. The molecule has 1 unspecified atom stereocenters. The first-order valence-corrected chi connectivity index (χ1v) is 6.15. The Bertz CT molecular complexity index is 649. The third kappa shape index (κ3) is 1.90. The summed E-state index contributed by atoms with van der Waals surface area (Å²) in [6.45, 7) is 0.208. The standard InChI is InChI=1S/C12H8ClFN2O4/c13-7-1-6-9(2-8(7)14)16(11(18)10(6)17)4-5-3-15-12(19)20-5/h1-2,5H,3-4H2,(H,15,19). The van der Waals surface area contributed by atoms with Gasteiger partial charge < -0.3 is 15.0 Å². The molecule has 2 aliphatic rings. The fourth-order valence-electron chi connectivity index (χ4n) is 2.21. The number of Topliss-reactive ketones (excluding diaryl/α,β-unsaturated/α-hetero) is 1. The number of ketones is 1. The van der Waals surface area contributed by atoms with Crippen LogP contribution >= 0.6 is 11.6 Å². The van der Waals surface area contributed by atoms with Crippen molar-refractivity contribution in [1.82, 2.24) is 5.32 Å². The zero-order valence-electron chi connectivity index (χ0n) is 9.98. The summed E-state index contributed by atoms with van der Waals surface area (Å²) in [6, 6.07) is 2.16. The number of carbonyl (C=O) groups excluding carboxylic acids is 3. The molecule has 6 nitrogen and oxygen atoms in total. The molecule has 0 bridgehead atoms. The van der Waals surface area contributed by atoms with Crippen LogP contribution in [-0.4, -0.2) is 37.0 Å². The van der Waals surface area contributed by atoms with Crippen molar-refractivity contribution in [1.29, 1.82) is 0 Å². The molecule has 0 aromatic heterocycles. The van der Waals surface area contributed by atoms with Gasteiger partial charge in [0.25, 0.3) is 11.7 Å². The average Bonchev–Trinajstić information content (AvgIpc) is 2.90. The Morgan fingerprint density at radius 1 is 1.40 bits per heavy atom. The van der Waals surface area contributed by atoms with Crippen molar-refractivity contribution in [2.45, 2.75) is 6.10 Å². The van der Waals surface area contributed by atoms with E-state index >= 15 is 0 Å². The number of benzene rings is 1. The Labute approximate surface area is 117 Å². The highest BCUT2D eigenvalue weighted by molar-refractivity contribution is 6.52. The second-order valence-corrected chi connectivity index (χ2v) is 4.84. The summed E-state index contributed by atoms with van der Waals surface area (Å²) in [4.78, 5) is 35.8. The topological polar surface area (TPSA) is 75.7 Å². The molecular formula is C12H8ClFN2O4. The number of amides is 2. The molecule has 0 saturated carbocycles. The van der Waals surface area contributed by atoms with Crippen LogP contribution in [0.1, 0.15) is 10.4 Å². The number of ether oxygens (including phenoxy) is 1. The normalized spacial score (nSPS) is 21.0. The fourth-order valence-corrected chi connectivity index (χ4v) is 2.37. The number of rotatable bonds is 2. The first-order valence-electron chi connectivity index (χ1n) is 5.77. The quantitative estimate of drug-likeness (QED) is 0.830. The maximum absolute atomic E-state index is 13.5. The van der Waals surface area contributed by atoms with Gasteiger partial charge in [-0.05, 0) is 12.1 Å². The van der Waals surface area contributed by atoms with Gasteiger partial charge in [-0.25, -0.2) is 9.18 Å². The van der Waals surface area contributed by atoms with Gasteiger partial charge in [0.15, 0.2) is 0 Å². The molecule has 3 rings (SSSR count). The predicted molar refractivity (Wildman–Crippen MR) is 66.4 cm³/mol. The van der Waals surface area contributed by atoms with Gasteiger partial charge >= 0.3 is 6.09 Å². The minimum absolute atomic E-state index is 0.0165. The lowest BCUT2D eigenvalue weighted by Crippen LogP contribution is -2.38. The van der Waals surface area contributed by atoms with E-state index in [0.29, 0.717) is 0 Å². The highest BCUT2D eigenvalue weighted by atomic mass is 35.5. The number of halogens is 2. The van der Waals surface area contributed by atoms with Crippen LogP contribution < -0.4 is 10.2 Å². The van der Waals surface area contributed by atoms with Gasteiger partial charge in [0.05, 0.1) is 29.4 Å². The number of carbonyl (C=O) groups is 3. The van der Waals surface area contributed by atoms with Gasteiger partial charge in [0.2, 0.25) is 0 Å². The van der Waals surface area contributed by atoms with E-state index in [9.17, 15) is 18.8 Å². The van der Waals surface area contributed by atoms with Gasteiger partial charge in [-0.1, -0.05) is 11.6 Å². The van der Waals surface area contributed by atoms with E-state index in [2.05, 4.69) is 5.32 Å². The lowest BCUT2D eigenvalue weighted by atomic mass is 10.1. The SMILES string of the molecule is O=C1NCC(CN2C(=O)C(=O)c3cc(Cl)c(F)cc32)O1. The van der Waals surface area contributed by atoms with E-state index in [1.165, 1.54) is 0 Å². The average molecular weight is 299 g/mol. The second kappa shape index (κ2) is 4.45. The van der Waals surface area contributed by atoms with E-state index in [-0.39, 0.29) is 29.4 Å². The summed E-state index contributed by atoms with van der Waals surface area (Å²) in [5, 5.41) is 2.21. The summed E-state index contributed by atoms with van der Waals surface area (Å²) in [5.74, 6) is -2.26. The maximum Gasteiger partial charge on any atom is 0.407 e. The molecule has 1 N–H and O–H groups in total. The molecule has 0 spiro atoms. The molecule has 8 heteroatoms. The zero-order valence-corrected chi connectivity index (χ0v) is 10.7. The van der Waals surface area contributed by atoms with Crippen molar-refractivity contribution >= 4 is 35.1 Å². The van der Waals surface area contributed by atoms with Gasteiger partial charge in [0, 0.05) is 0 Å². The van der Waals surface area contributed by atoms with Crippen LogP contribution in [-0.2, 0) is 9.53 Å². The summed E-state index contributed by atoms with van der Waals surface area (Å²) in [7, 11) is 0. The Morgan fingerprint density at radius 2 is 2.15 bits per heavy atom. The number of cyclic esters (lactones) is 1. The highest BCUT2D eigenvalue weighted by Crippen LogP contribution is 2.33. The van der Waals surface area contributed by atoms with Crippen molar-refractivity contribution in [2.24, 2.45) is 0 Å². The summed E-state index contributed by atoms with van der Waals surface area (Å²) in [5.41, 5.74) is 0.198. The molecule has 104 valence electrons. The third-order valence-corrected chi connectivity index (χ3v) is 3.44. The third-order valence-electron chi connectivity index (χ3n) is 3.15. The number of nitrogens with zero attached hydrogens (tertiary/aromatic N) is 1. The summed E-state index contributed by atoms with van der Waals surface area (Å²) >= 11 is 5.61. The van der Waals surface area contributed by atoms with Crippen molar-refractivity contribution in [3.63, 3.8) is 0 Å². The molecule has 2 aliphatic heterocycles. The van der Waals surface area contributed by atoms with Crippen molar-refractivity contribution in [2.75, 3.05) is 18.0 Å². The molecule has 1 atom stereocenters. The zero-order chi connectivity index (χ0) is 14.4. The molecule has 1 aromatic carbocycles. The number of alkyl carbamates (subject to hydrolysis) is 1. The summed E-state index contributed by atoms with van der Waals surface area (Å²) in [6.07, 6.45) is -1.17. The molecule has 1 aromatic rings. The molecule has 0 aliphatic carbocycles. The van der Waals surface area contributed by atoms with Crippen LogP contribution in [0.3, 0.4) is 0 Å². The molecule has 20 heavy (non-hydrogen) atoms. The van der Waals surface area contributed by atoms with Crippen molar-refractivity contribution in [3.8, 4) is 0 Å². The van der Waals surface area contributed by atoms with E-state index in [1.807, 2.05) is 0 Å². The molecule has 1 fully saturated rings. The van der Waals surface area contributed by atoms with E-state index in [4.69, 9.17) is 16.3 Å². The van der Waals surface area contributed by atoms with Crippen LogP contribution in [0.2, 0.25) is 5.02 Å².